The number of hydrogen-bond acceptors (Lipinski definition) is 3. The van der Waals surface area contributed by atoms with Crippen molar-refractivity contribution in [3.05, 3.63) is 58.6 Å². The standard InChI is InChI=1S/C19H21BrN2O3/c1-22(19(24)11-10-14-6-3-4-9-17(14)20)13-18(23)21-15-7-5-8-16(12-15)25-2/h3-9,12H,10-11,13H2,1-2H3,(H,21,23). The number of methoxy groups -OCH3 is 1. The maximum Gasteiger partial charge on any atom is 0.243 e. The van der Waals surface area contributed by atoms with Crippen molar-refractivity contribution in [3.8, 4) is 5.75 Å². The molecule has 0 heterocycles. The van der Waals surface area contributed by atoms with E-state index >= 15 is 0 Å². The molecule has 2 aromatic rings. The van der Waals surface area contributed by atoms with Gasteiger partial charge < -0.3 is 15.0 Å². The topological polar surface area (TPSA) is 58.6 Å². The number of amides is 2. The number of likely N-dealkylation sites (N-methyl/N-ethyl adjacent to an activating group) is 1. The van der Waals surface area contributed by atoms with E-state index in [0.717, 1.165) is 10.0 Å². The van der Waals surface area contributed by atoms with Crippen LogP contribution in [0.25, 0.3) is 0 Å². The summed E-state index contributed by atoms with van der Waals surface area (Å²) in [5.41, 5.74) is 1.71. The first-order valence-corrected chi connectivity index (χ1v) is 8.70. The average molecular weight is 405 g/mol. The van der Waals surface area contributed by atoms with Gasteiger partial charge in [-0.2, -0.15) is 0 Å². The van der Waals surface area contributed by atoms with Gasteiger partial charge in [0.05, 0.1) is 13.7 Å². The van der Waals surface area contributed by atoms with E-state index in [-0.39, 0.29) is 18.4 Å². The van der Waals surface area contributed by atoms with Crippen LogP contribution in [-0.2, 0) is 16.0 Å². The van der Waals surface area contributed by atoms with Gasteiger partial charge in [-0.25, -0.2) is 0 Å². The number of aryl methyl sites for hydroxylation is 1. The maximum absolute atomic E-state index is 12.2. The first-order valence-electron chi connectivity index (χ1n) is 7.91. The molecule has 6 heteroatoms. The third-order valence-corrected chi connectivity index (χ3v) is 4.50. The summed E-state index contributed by atoms with van der Waals surface area (Å²) in [6, 6.07) is 14.9. The molecule has 2 aromatic carbocycles. The van der Waals surface area contributed by atoms with E-state index in [4.69, 9.17) is 4.74 Å². The summed E-state index contributed by atoms with van der Waals surface area (Å²) in [5, 5.41) is 2.76. The molecule has 0 radical (unpaired) electrons. The molecule has 2 amide bonds. The van der Waals surface area contributed by atoms with E-state index in [1.54, 1.807) is 38.4 Å². The second-order valence-electron chi connectivity index (χ2n) is 5.62. The van der Waals surface area contributed by atoms with Gasteiger partial charge in [0.2, 0.25) is 11.8 Å². The van der Waals surface area contributed by atoms with Crippen LogP contribution < -0.4 is 10.1 Å². The fraction of sp³-hybridized carbons (Fsp3) is 0.263. The number of benzene rings is 2. The van der Waals surface area contributed by atoms with Crippen molar-refractivity contribution < 1.29 is 14.3 Å². The molecular weight excluding hydrogens is 384 g/mol. The Balaban J connectivity index is 1.83. The predicted octanol–water partition coefficient (Wildman–Crippen LogP) is 3.49. The van der Waals surface area contributed by atoms with Crippen LogP contribution in [0.3, 0.4) is 0 Å². The van der Waals surface area contributed by atoms with E-state index in [9.17, 15) is 9.59 Å². The molecule has 0 bridgehead atoms. The van der Waals surface area contributed by atoms with Gasteiger partial charge >= 0.3 is 0 Å². The molecule has 0 atom stereocenters. The van der Waals surface area contributed by atoms with E-state index in [2.05, 4.69) is 21.2 Å². The number of rotatable bonds is 7. The zero-order valence-corrected chi connectivity index (χ0v) is 15.9. The lowest BCUT2D eigenvalue weighted by Gasteiger charge is -2.17. The molecule has 0 spiro atoms. The molecule has 0 unspecified atom stereocenters. The van der Waals surface area contributed by atoms with Crippen molar-refractivity contribution in [1.82, 2.24) is 4.90 Å². The van der Waals surface area contributed by atoms with Crippen LogP contribution in [0, 0.1) is 0 Å². The summed E-state index contributed by atoms with van der Waals surface area (Å²) in [7, 11) is 3.20. The van der Waals surface area contributed by atoms with Crippen LogP contribution in [-0.4, -0.2) is 37.4 Å². The van der Waals surface area contributed by atoms with Gasteiger partial charge in [0, 0.05) is 29.7 Å². The Kier molecular flexibility index (Phi) is 7.01. The van der Waals surface area contributed by atoms with E-state index in [0.29, 0.717) is 24.3 Å². The average Bonchev–Trinajstić information content (AvgIpc) is 2.60. The van der Waals surface area contributed by atoms with Crippen molar-refractivity contribution in [3.63, 3.8) is 0 Å². The molecular formula is C19H21BrN2O3. The number of nitrogens with zero attached hydrogens (tertiary/aromatic N) is 1. The van der Waals surface area contributed by atoms with Crippen LogP contribution in [0.15, 0.2) is 53.0 Å². The molecule has 0 saturated carbocycles. The molecule has 0 aliphatic heterocycles. The summed E-state index contributed by atoms with van der Waals surface area (Å²) in [6.07, 6.45) is 0.980. The minimum atomic E-state index is -0.245. The number of ether oxygens (including phenoxy) is 1. The zero-order valence-electron chi connectivity index (χ0n) is 14.3. The highest BCUT2D eigenvalue weighted by atomic mass is 79.9. The predicted molar refractivity (Wildman–Crippen MR) is 102 cm³/mol. The van der Waals surface area contributed by atoms with Gasteiger partial charge in [0.25, 0.3) is 0 Å². The summed E-state index contributed by atoms with van der Waals surface area (Å²) in [4.78, 5) is 25.8. The van der Waals surface area contributed by atoms with Gasteiger partial charge in [-0.05, 0) is 30.2 Å². The molecule has 1 N–H and O–H groups in total. The third kappa shape index (κ3) is 5.90. The zero-order chi connectivity index (χ0) is 18.2. The Labute approximate surface area is 156 Å². The number of halogens is 1. The quantitative estimate of drug-likeness (QED) is 0.768. The van der Waals surface area contributed by atoms with Crippen molar-refractivity contribution in [2.45, 2.75) is 12.8 Å². The molecule has 0 fully saturated rings. The lowest BCUT2D eigenvalue weighted by molar-refractivity contribution is -0.133. The Morgan fingerprint density at radius 3 is 2.64 bits per heavy atom. The smallest absolute Gasteiger partial charge is 0.243 e. The van der Waals surface area contributed by atoms with Crippen LogP contribution in [0.1, 0.15) is 12.0 Å². The largest absolute Gasteiger partial charge is 0.497 e. The number of nitrogens with one attached hydrogen (secondary N) is 1. The molecule has 0 saturated heterocycles. The van der Waals surface area contributed by atoms with E-state index < -0.39 is 0 Å². The highest BCUT2D eigenvalue weighted by Gasteiger charge is 2.14. The number of hydrogen-bond donors (Lipinski definition) is 1. The maximum atomic E-state index is 12.2. The van der Waals surface area contributed by atoms with Crippen LogP contribution in [0.4, 0.5) is 5.69 Å². The normalized spacial score (nSPS) is 10.2. The SMILES string of the molecule is COc1cccc(NC(=O)CN(C)C(=O)CCc2ccccc2Br)c1. The number of carbonyl (C=O) groups excluding carboxylic acids is 2. The molecule has 25 heavy (non-hydrogen) atoms. The fourth-order valence-corrected chi connectivity index (χ4v) is 2.82. The Morgan fingerprint density at radius 1 is 1.16 bits per heavy atom. The highest BCUT2D eigenvalue weighted by molar-refractivity contribution is 9.10. The summed E-state index contributed by atoms with van der Waals surface area (Å²) >= 11 is 3.47. The van der Waals surface area contributed by atoms with Crippen LogP contribution in [0.2, 0.25) is 0 Å². The molecule has 5 nitrogen and oxygen atoms in total. The third-order valence-electron chi connectivity index (χ3n) is 3.73. The van der Waals surface area contributed by atoms with E-state index in [1.807, 2.05) is 24.3 Å². The summed E-state index contributed by atoms with van der Waals surface area (Å²) in [5.74, 6) is 0.345. The number of carbonyl (C=O) groups is 2. The second kappa shape index (κ2) is 9.22. The summed E-state index contributed by atoms with van der Waals surface area (Å²) < 4.78 is 6.11. The fourth-order valence-electron chi connectivity index (χ4n) is 2.34. The molecule has 0 aliphatic rings. The van der Waals surface area contributed by atoms with Gasteiger partial charge in [-0.15, -0.1) is 0 Å². The molecule has 0 aromatic heterocycles. The Bertz CT molecular complexity index is 749. The Hall–Kier alpha value is -2.34. The highest BCUT2D eigenvalue weighted by Crippen LogP contribution is 2.18. The number of anilines is 1. The van der Waals surface area contributed by atoms with Gasteiger partial charge in [-0.1, -0.05) is 40.2 Å². The molecule has 2 rings (SSSR count). The van der Waals surface area contributed by atoms with Crippen molar-refractivity contribution >= 4 is 33.4 Å². The monoisotopic (exact) mass is 404 g/mol. The lowest BCUT2D eigenvalue weighted by atomic mass is 10.1. The van der Waals surface area contributed by atoms with Crippen molar-refractivity contribution in [1.29, 1.82) is 0 Å². The lowest BCUT2D eigenvalue weighted by Crippen LogP contribution is -2.35. The Morgan fingerprint density at radius 2 is 1.92 bits per heavy atom. The molecule has 132 valence electrons. The first kappa shape index (κ1) is 19.0. The summed E-state index contributed by atoms with van der Waals surface area (Å²) in [6.45, 7) is 0.00595. The second-order valence-corrected chi connectivity index (χ2v) is 6.48. The van der Waals surface area contributed by atoms with Gasteiger partial charge in [0.1, 0.15) is 5.75 Å². The minimum absolute atomic E-state index is 0.00595. The minimum Gasteiger partial charge on any atom is -0.497 e. The molecule has 0 aliphatic carbocycles. The van der Waals surface area contributed by atoms with Gasteiger partial charge in [-0.3, -0.25) is 9.59 Å². The first-order chi connectivity index (χ1) is 12.0. The van der Waals surface area contributed by atoms with Crippen molar-refractivity contribution in [2.75, 3.05) is 26.0 Å². The van der Waals surface area contributed by atoms with Crippen LogP contribution >= 0.6 is 15.9 Å². The van der Waals surface area contributed by atoms with Crippen molar-refractivity contribution in [2.24, 2.45) is 0 Å². The van der Waals surface area contributed by atoms with Crippen LogP contribution in [0.5, 0.6) is 5.75 Å². The van der Waals surface area contributed by atoms with E-state index in [1.165, 1.54) is 4.90 Å². The van der Waals surface area contributed by atoms with Gasteiger partial charge in [0.15, 0.2) is 0 Å².